The predicted molar refractivity (Wildman–Crippen MR) is 91.6 cm³/mol. The van der Waals surface area contributed by atoms with Crippen molar-refractivity contribution in [2.75, 3.05) is 31.5 Å². The van der Waals surface area contributed by atoms with Crippen LogP contribution in [0.5, 0.6) is 0 Å². The average molecular weight is 335 g/mol. The van der Waals surface area contributed by atoms with Crippen LogP contribution in [0.3, 0.4) is 0 Å². The molecule has 6 heteroatoms. The number of benzene rings is 1. The number of anilines is 1. The van der Waals surface area contributed by atoms with Gasteiger partial charge in [0, 0.05) is 37.9 Å². The molecule has 0 saturated carbocycles. The SMILES string of the molecule is CC1CN(CC2CCCN2C(=O)Nc2ccc(F)cc2)CC(C)O1. The van der Waals surface area contributed by atoms with E-state index in [1.54, 1.807) is 12.1 Å². The lowest BCUT2D eigenvalue weighted by Crippen LogP contribution is -2.51. The third kappa shape index (κ3) is 4.24. The quantitative estimate of drug-likeness (QED) is 0.924. The van der Waals surface area contributed by atoms with Crippen LogP contribution in [-0.2, 0) is 4.74 Å². The van der Waals surface area contributed by atoms with Gasteiger partial charge in [0.15, 0.2) is 0 Å². The zero-order valence-corrected chi connectivity index (χ0v) is 14.4. The first-order chi connectivity index (χ1) is 11.5. The van der Waals surface area contributed by atoms with Crippen LogP contribution in [0.4, 0.5) is 14.9 Å². The summed E-state index contributed by atoms with van der Waals surface area (Å²) < 4.78 is 18.8. The predicted octanol–water partition coefficient (Wildman–Crippen LogP) is 2.93. The fourth-order valence-corrected chi connectivity index (χ4v) is 3.75. The van der Waals surface area contributed by atoms with Crippen molar-refractivity contribution in [2.45, 2.75) is 44.9 Å². The molecule has 2 fully saturated rings. The Labute approximate surface area is 142 Å². The van der Waals surface area contributed by atoms with Crippen molar-refractivity contribution in [2.24, 2.45) is 0 Å². The molecule has 2 aliphatic heterocycles. The van der Waals surface area contributed by atoms with Gasteiger partial charge in [-0.05, 0) is 51.0 Å². The maximum absolute atomic E-state index is 13.0. The lowest BCUT2D eigenvalue weighted by molar-refractivity contribution is -0.0712. The summed E-state index contributed by atoms with van der Waals surface area (Å²) in [5, 5.41) is 2.87. The zero-order chi connectivity index (χ0) is 17.1. The van der Waals surface area contributed by atoms with Crippen LogP contribution in [0.15, 0.2) is 24.3 Å². The van der Waals surface area contributed by atoms with E-state index in [2.05, 4.69) is 24.1 Å². The number of carbonyl (C=O) groups is 1. The molecule has 2 saturated heterocycles. The Morgan fingerprint density at radius 3 is 2.58 bits per heavy atom. The van der Waals surface area contributed by atoms with Gasteiger partial charge in [0.25, 0.3) is 0 Å². The number of hydrogen-bond acceptors (Lipinski definition) is 3. The van der Waals surface area contributed by atoms with Gasteiger partial charge in [-0.3, -0.25) is 4.90 Å². The van der Waals surface area contributed by atoms with Gasteiger partial charge < -0.3 is 15.0 Å². The number of ether oxygens (including phenoxy) is 1. The van der Waals surface area contributed by atoms with E-state index in [0.29, 0.717) is 5.69 Å². The van der Waals surface area contributed by atoms with Crippen LogP contribution < -0.4 is 5.32 Å². The lowest BCUT2D eigenvalue weighted by Gasteiger charge is -2.38. The van der Waals surface area contributed by atoms with Gasteiger partial charge in [0.05, 0.1) is 12.2 Å². The molecule has 3 atom stereocenters. The maximum atomic E-state index is 13.0. The molecule has 2 heterocycles. The van der Waals surface area contributed by atoms with E-state index in [4.69, 9.17) is 4.74 Å². The minimum Gasteiger partial charge on any atom is -0.373 e. The molecule has 24 heavy (non-hydrogen) atoms. The van der Waals surface area contributed by atoms with Gasteiger partial charge in [0.1, 0.15) is 5.82 Å². The Bertz CT molecular complexity index is 556. The number of carbonyl (C=O) groups excluding carboxylic acids is 1. The summed E-state index contributed by atoms with van der Waals surface area (Å²) in [5.41, 5.74) is 0.626. The molecular weight excluding hydrogens is 309 g/mol. The first-order valence-corrected chi connectivity index (χ1v) is 8.72. The highest BCUT2D eigenvalue weighted by Crippen LogP contribution is 2.22. The number of amides is 2. The Morgan fingerprint density at radius 1 is 1.25 bits per heavy atom. The fraction of sp³-hybridized carbons (Fsp3) is 0.611. The van der Waals surface area contributed by atoms with E-state index in [1.807, 2.05) is 4.90 Å². The van der Waals surface area contributed by atoms with Crippen molar-refractivity contribution in [3.8, 4) is 0 Å². The number of hydrogen-bond donors (Lipinski definition) is 1. The summed E-state index contributed by atoms with van der Waals surface area (Å²) in [4.78, 5) is 16.9. The fourth-order valence-electron chi connectivity index (χ4n) is 3.75. The number of rotatable bonds is 3. The summed E-state index contributed by atoms with van der Waals surface area (Å²) in [6.45, 7) is 7.66. The van der Waals surface area contributed by atoms with Crippen molar-refractivity contribution in [1.29, 1.82) is 0 Å². The second kappa shape index (κ2) is 7.49. The van der Waals surface area contributed by atoms with E-state index < -0.39 is 0 Å². The first-order valence-electron chi connectivity index (χ1n) is 8.72. The average Bonchev–Trinajstić information content (AvgIpc) is 2.96. The normalized spacial score (nSPS) is 28.1. The molecule has 0 bridgehead atoms. The van der Waals surface area contributed by atoms with E-state index >= 15 is 0 Å². The van der Waals surface area contributed by atoms with E-state index in [0.717, 1.165) is 39.0 Å². The van der Waals surface area contributed by atoms with Crippen LogP contribution >= 0.6 is 0 Å². The molecule has 0 aromatic heterocycles. The molecule has 5 nitrogen and oxygen atoms in total. The molecule has 132 valence electrons. The molecule has 1 aromatic carbocycles. The highest BCUT2D eigenvalue weighted by molar-refractivity contribution is 5.89. The summed E-state index contributed by atoms with van der Waals surface area (Å²) in [6.07, 6.45) is 2.52. The van der Waals surface area contributed by atoms with E-state index in [9.17, 15) is 9.18 Å². The van der Waals surface area contributed by atoms with Gasteiger partial charge in [-0.25, -0.2) is 9.18 Å². The molecule has 0 spiro atoms. The Balaban J connectivity index is 1.58. The largest absolute Gasteiger partial charge is 0.373 e. The molecule has 3 rings (SSSR count). The number of halogens is 1. The highest BCUT2D eigenvalue weighted by atomic mass is 19.1. The topological polar surface area (TPSA) is 44.8 Å². The molecule has 1 aromatic rings. The third-order valence-electron chi connectivity index (χ3n) is 4.70. The van der Waals surface area contributed by atoms with Gasteiger partial charge in [-0.15, -0.1) is 0 Å². The minimum atomic E-state index is -0.303. The molecule has 0 radical (unpaired) electrons. The maximum Gasteiger partial charge on any atom is 0.322 e. The van der Waals surface area contributed by atoms with Gasteiger partial charge in [0.2, 0.25) is 0 Å². The van der Waals surface area contributed by atoms with Gasteiger partial charge in [-0.1, -0.05) is 0 Å². The van der Waals surface area contributed by atoms with Crippen LogP contribution in [0.2, 0.25) is 0 Å². The monoisotopic (exact) mass is 335 g/mol. The summed E-state index contributed by atoms with van der Waals surface area (Å²) in [6, 6.07) is 6.01. The molecule has 1 N–H and O–H groups in total. The zero-order valence-electron chi connectivity index (χ0n) is 14.4. The molecule has 2 aliphatic rings. The van der Waals surface area contributed by atoms with Crippen LogP contribution in [0.25, 0.3) is 0 Å². The van der Waals surface area contributed by atoms with Crippen molar-refractivity contribution in [1.82, 2.24) is 9.80 Å². The van der Waals surface area contributed by atoms with Crippen molar-refractivity contribution in [3.63, 3.8) is 0 Å². The Hall–Kier alpha value is -1.66. The smallest absolute Gasteiger partial charge is 0.322 e. The van der Waals surface area contributed by atoms with Crippen molar-refractivity contribution >= 4 is 11.7 Å². The van der Waals surface area contributed by atoms with E-state index in [-0.39, 0.29) is 30.1 Å². The number of urea groups is 1. The summed E-state index contributed by atoms with van der Waals surface area (Å²) in [5.74, 6) is -0.303. The second-order valence-electron chi connectivity index (χ2n) is 6.90. The Kier molecular flexibility index (Phi) is 5.36. The first kappa shape index (κ1) is 17.2. The third-order valence-corrected chi connectivity index (χ3v) is 4.70. The lowest BCUT2D eigenvalue weighted by atomic mass is 10.1. The number of nitrogens with one attached hydrogen (secondary N) is 1. The summed E-state index contributed by atoms with van der Waals surface area (Å²) >= 11 is 0. The van der Waals surface area contributed by atoms with E-state index in [1.165, 1.54) is 12.1 Å². The number of likely N-dealkylation sites (tertiary alicyclic amines) is 1. The number of morpholine rings is 1. The molecule has 2 amide bonds. The van der Waals surface area contributed by atoms with Gasteiger partial charge in [-0.2, -0.15) is 0 Å². The highest BCUT2D eigenvalue weighted by Gasteiger charge is 2.32. The molecule has 0 aliphatic carbocycles. The van der Waals surface area contributed by atoms with Crippen molar-refractivity contribution < 1.29 is 13.9 Å². The van der Waals surface area contributed by atoms with Crippen LogP contribution in [-0.4, -0.2) is 60.3 Å². The standard InChI is InChI=1S/C18H26FN3O2/c1-13-10-21(11-14(2)24-13)12-17-4-3-9-22(17)18(23)20-16-7-5-15(19)6-8-16/h5-8,13-14,17H,3-4,9-12H2,1-2H3,(H,20,23). The number of nitrogens with zero attached hydrogens (tertiary/aromatic N) is 2. The molecule has 3 unspecified atom stereocenters. The molecular formula is C18H26FN3O2. The van der Waals surface area contributed by atoms with Crippen LogP contribution in [0.1, 0.15) is 26.7 Å². The second-order valence-corrected chi connectivity index (χ2v) is 6.90. The van der Waals surface area contributed by atoms with Gasteiger partial charge >= 0.3 is 6.03 Å². The summed E-state index contributed by atoms with van der Waals surface area (Å²) in [7, 11) is 0. The Morgan fingerprint density at radius 2 is 1.92 bits per heavy atom. The van der Waals surface area contributed by atoms with Crippen molar-refractivity contribution in [3.05, 3.63) is 30.1 Å². The van der Waals surface area contributed by atoms with Crippen LogP contribution in [0, 0.1) is 5.82 Å². The minimum absolute atomic E-state index is 0.0986.